The lowest BCUT2D eigenvalue weighted by molar-refractivity contribution is -0.144. The number of benzene rings is 2. The van der Waals surface area contributed by atoms with Gasteiger partial charge in [-0.15, -0.1) is 0 Å². The fourth-order valence-electron chi connectivity index (χ4n) is 2.33. The molecule has 5 nitrogen and oxygen atoms in total. The van der Waals surface area contributed by atoms with E-state index in [1.807, 2.05) is 54.6 Å². The Balaban J connectivity index is 1.58. The Morgan fingerprint density at radius 2 is 1.83 bits per heavy atom. The number of hydrogen-bond acceptors (Lipinski definition) is 5. The van der Waals surface area contributed by atoms with E-state index < -0.39 is 0 Å². The summed E-state index contributed by atoms with van der Waals surface area (Å²) in [5.41, 5.74) is 2.29. The molecule has 0 aliphatic carbocycles. The molecule has 0 saturated carbocycles. The van der Waals surface area contributed by atoms with Gasteiger partial charge in [0.15, 0.2) is 5.76 Å². The first-order chi connectivity index (χ1) is 11.8. The van der Waals surface area contributed by atoms with E-state index >= 15 is 0 Å². The van der Waals surface area contributed by atoms with Gasteiger partial charge in [-0.25, -0.2) is 0 Å². The van der Waals surface area contributed by atoms with Crippen molar-refractivity contribution < 1.29 is 18.8 Å². The summed E-state index contributed by atoms with van der Waals surface area (Å²) in [4.78, 5) is 12.0. The summed E-state index contributed by atoms with van der Waals surface area (Å²) in [7, 11) is 1.57. The van der Waals surface area contributed by atoms with Crippen LogP contribution in [0.5, 0.6) is 5.75 Å². The first kappa shape index (κ1) is 15.8. The summed E-state index contributed by atoms with van der Waals surface area (Å²) >= 11 is 0. The maximum atomic E-state index is 12.0. The molecule has 24 heavy (non-hydrogen) atoms. The molecule has 3 rings (SSSR count). The Bertz CT molecular complexity index is 811. The molecule has 0 spiro atoms. The third-order valence-electron chi connectivity index (χ3n) is 3.53. The predicted octanol–water partition coefficient (Wildman–Crippen LogP) is 3.64. The molecule has 0 radical (unpaired) electrons. The van der Waals surface area contributed by atoms with Crippen LogP contribution in [0.25, 0.3) is 11.3 Å². The zero-order valence-corrected chi connectivity index (χ0v) is 13.3. The van der Waals surface area contributed by atoms with Gasteiger partial charge in [0, 0.05) is 17.2 Å². The molecular formula is C19H17NO4. The average Bonchev–Trinajstić information content (AvgIpc) is 3.10. The van der Waals surface area contributed by atoms with Gasteiger partial charge < -0.3 is 14.0 Å². The molecule has 0 fully saturated rings. The van der Waals surface area contributed by atoms with Crippen molar-refractivity contribution in [1.29, 1.82) is 0 Å². The summed E-state index contributed by atoms with van der Waals surface area (Å²) in [5, 5.41) is 3.93. The van der Waals surface area contributed by atoms with E-state index in [9.17, 15) is 4.79 Å². The maximum Gasteiger partial charge on any atom is 0.310 e. The van der Waals surface area contributed by atoms with Crippen LogP contribution < -0.4 is 4.74 Å². The lowest BCUT2D eigenvalue weighted by atomic mass is 10.1. The van der Waals surface area contributed by atoms with Crippen LogP contribution in [0.2, 0.25) is 0 Å². The largest absolute Gasteiger partial charge is 0.496 e. The first-order valence-electron chi connectivity index (χ1n) is 7.55. The molecule has 0 bridgehead atoms. The SMILES string of the molecule is COc1ccccc1CC(=O)OCc1cc(-c2ccccc2)on1. The van der Waals surface area contributed by atoms with Gasteiger partial charge in [0.1, 0.15) is 18.1 Å². The van der Waals surface area contributed by atoms with Gasteiger partial charge in [-0.3, -0.25) is 4.79 Å². The fourth-order valence-corrected chi connectivity index (χ4v) is 2.33. The van der Waals surface area contributed by atoms with Crippen LogP contribution in [0, 0.1) is 0 Å². The molecule has 0 atom stereocenters. The van der Waals surface area contributed by atoms with Crippen molar-refractivity contribution in [3.05, 3.63) is 71.9 Å². The molecule has 0 aliphatic rings. The molecule has 2 aromatic carbocycles. The number of aromatic nitrogens is 1. The highest BCUT2D eigenvalue weighted by Gasteiger charge is 2.12. The zero-order chi connectivity index (χ0) is 16.8. The van der Waals surface area contributed by atoms with Crippen molar-refractivity contribution >= 4 is 5.97 Å². The van der Waals surface area contributed by atoms with E-state index in [1.165, 1.54) is 0 Å². The van der Waals surface area contributed by atoms with Crippen LogP contribution in [0.4, 0.5) is 0 Å². The summed E-state index contributed by atoms with van der Waals surface area (Å²) < 4.78 is 15.8. The Hall–Kier alpha value is -3.08. The fraction of sp³-hybridized carbons (Fsp3) is 0.158. The number of rotatable bonds is 6. The molecule has 0 aliphatic heterocycles. The second kappa shape index (κ2) is 7.46. The molecule has 3 aromatic rings. The molecule has 0 amide bonds. The molecule has 1 aromatic heterocycles. The Morgan fingerprint density at radius 3 is 2.62 bits per heavy atom. The second-order valence-corrected chi connectivity index (χ2v) is 5.20. The lowest BCUT2D eigenvalue weighted by Crippen LogP contribution is -2.09. The molecule has 1 heterocycles. The normalized spacial score (nSPS) is 10.4. The van der Waals surface area contributed by atoms with Gasteiger partial charge in [-0.05, 0) is 6.07 Å². The van der Waals surface area contributed by atoms with Crippen molar-refractivity contribution in [2.45, 2.75) is 13.0 Å². The van der Waals surface area contributed by atoms with Crippen molar-refractivity contribution in [3.8, 4) is 17.1 Å². The maximum absolute atomic E-state index is 12.0. The Kier molecular flexibility index (Phi) is 4.91. The third kappa shape index (κ3) is 3.81. The topological polar surface area (TPSA) is 61.6 Å². The minimum absolute atomic E-state index is 0.0737. The van der Waals surface area contributed by atoms with Crippen molar-refractivity contribution in [1.82, 2.24) is 5.16 Å². The molecular weight excluding hydrogens is 306 g/mol. The monoisotopic (exact) mass is 323 g/mol. The van der Waals surface area contributed by atoms with E-state index in [2.05, 4.69) is 5.16 Å². The predicted molar refractivity (Wildman–Crippen MR) is 88.4 cm³/mol. The number of carbonyl (C=O) groups is 1. The summed E-state index contributed by atoms with van der Waals surface area (Å²) in [6, 6.07) is 18.8. The second-order valence-electron chi connectivity index (χ2n) is 5.20. The van der Waals surface area contributed by atoms with Crippen LogP contribution in [-0.4, -0.2) is 18.2 Å². The van der Waals surface area contributed by atoms with Gasteiger partial charge in [0.2, 0.25) is 0 Å². The number of methoxy groups -OCH3 is 1. The number of esters is 1. The Labute approximate surface area is 139 Å². The van der Waals surface area contributed by atoms with Gasteiger partial charge in [0.25, 0.3) is 0 Å². The van der Waals surface area contributed by atoms with Crippen LogP contribution >= 0.6 is 0 Å². The number of ether oxygens (including phenoxy) is 2. The smallest absolute Gasteiger partial charge is 0.310 e. The van der Waals surface area contributed by atoms with Crippen LogP contribution in [0.15, 0.2) is 65.2 Å². The average molecular weight is 323 g/mol. The van der Waals surface area contributed by atoms with Crippen LogP contribution in [-0.2, 0) is 22.6 Å². The summed E-state index contributed by atoms with van der Waals surface area (Å²) in [5.74, 6) is 0.970. The highest BCUT2D eigenvalue weighted by Crippen LogP contribution is 2.21. The standard InChI is InChI=1S/C19H17NO4/c1-22-17-10-6-5-9-15(17)11-19(21)23-13-16-12-18(24-20-16)14-7-3-2-4-8-14/h2-10,12H,11,13H2,1H3. The molecule has 0 unspecified atom stereocenters. The van der Waals surface area contributed by atoms with Gasteiger partial charge in [-0.1, -0.05) is 53.7 Å². The van der Waals surface area contributed by atoms with Gasteiger partial charge in [-0.2, -0.15) is 0 Å². The molecule has 5 heteroatoms. The highest BCUT2D eigenvalue weighted by atomic mass is 16.5. The molecule has 122 valence electrons. The van der Waals surface area contributed by atoms with E-state index in [0.29, 0.717) is 17.2 Å². The van der Waals surface area contributed by atoms with E-state index in [1.54, 1.807) is 13.2 Å². The van der Waals surface area contributed by atoms with E-state index in [4.69, 9.17) is 14.0 Å². The van der Waals surface area contributed by atoms with E-state index in [-0.39, 0.29) is 19.0 Å². The van der Waals surface area contributed by atoms with E-state index in [0.717, 1.165) is 11.1 Å². The number of nitrogens with zero attached hydrogens (tertiary/aromatic N) is 1. The van der Waals surface area contributed by atoms with Crippen molar-refractivity contribution in [2.75, 3.05) is 7.11 Å². The minimum Gasteiger partial charge on any atom is -0.496 e. The number of carbonyl (C=O) groups excluding carboxylic acids is 1. The quantitative estimate of drug-likeness (QED) is 0.648. The minimum atomic E-state index is -0.344. The van der Waals surface area contributed by atoms with Crippen LogP contribution in [0.3, 0.4) is 0 Å². The van der Waals surface area contributed by atoms with Gasteiger partial charge in [0.05, 0.1) is 13.5 Å². The van der Waals surface area contributed by atoms with Gasteiger partial charge >= 0.3 is 5.97 Å². The third-order valence-corrected chi connectivity index (χ3v) is 3.53. The number of para-hydroxylation sites is 1. The number of hydrogen-bond donors (Lipinski definition) is 0. The zero-order valence-electron chi connectivity index (χ0n) is 13.3. The molecule has 0 N–H and O–H groups in total. The summed E-state index contributed by atoms with van der Waals surface area (Å²) in [6.07, 6.45) is 0.146. The highest BCUT2D eigenvalue weighted by molar-refractivity contribution is 5.73. The van der Waals surface area contributed by atoms with Crippen molar-refractivity contribution in [2.24, 2.45) is 0 Å². The first-order valence-corrected chi connectivity index (χ1v) is 7.55. The molecule has 0 saturated heterocycles. The Morgan fingerprint density at radius 1 is 1.08 bits per heavy atom. The van der Waals surface area contributed by atoms with Crippen molar-refractivity contribution in [3.63, 3.8) is 0 Å². The van der Waals surface area contributed by atoms with Crippen LogP contribution in [0.1, 0.15) is 11.3 Å². The lowest BCUT2D eigenvalue weighted by Gasteiger charge is -2.07. The summed E-state index contributed by atoms with van der Waals surface area (Å²) in [6.45, 7) is 0.0737.